The van der Waals surface area contributed by atoms with Crippen LogP contribution in [0.4, 0.5) is 5.82 Å². The van der Waals surface area contributed by atoms with E-state index < -0.39 is 0 Å². The fourth-order valence-corrected chi connectivity index (χ4v) is 2.94. The second-order valence-corrected chi connectivity index (χ2v) is 6.47. The minimum absolute atomic E-state index is 0.0296. The lowest BCUT2D eigenvalue weighted by atomic mass is 10.2. The minimum atomic E-state index is 0.0296. The van der Waals surface area contributed by atoms with E-state index in [-0.39, 0.29) is 5.91 Å². The molecule has 1 saturated carbocycles. The van der Waals surface area contributed by atoms with E-state index in [4.69, 9.17) is 4.84 Å². The van der Waals surface area contributed by atoms with Gasteiger partial charge in [-0.25, -0.2) is 4.68 Å². The summed E-state index contributed by atoms with van der Waals surface area (Å²) in [4.78, 5) is 17.8. The molecule has 0 bridgehead atoms. The molecule has 2 aliphatic rings. The fourth-order valence-electron chi connectivity index (χ4n) is 2.94. The Balaban J connectivity index is 1.55. The summed E-state index contributed by atoms with van der Waals surface area (Å²) < 4.78 is 1.97. The van der Waals surface area contributed by atoms with Crippen LogP contribution in [-0.4, -0.2) is 40.4 Å². The molecular formula is C16H26N4O2. The summed E-state index contributed by atoms with van der Waals surface area (Å²) >= 11 is 0. The van der Waals surface area contributed by atoms with Crippen molar-refractivity contribution in [1.82, 2.24) is 14.8 Å². The van der Waals surface area contributed by atoms with Crippen LogP contribution in [0.25, 0.3) is 0 Å². The molecule has 0 radical (unpaired) electrons. The maximum absolute atomic E-state index is 12.2. The molecular weight excluding hydrogens is 280 g/mol. The lowest BCUT2D eigenvalue weighted by molar-refractivity contribution is -0.181. The predicted octanol–water partition coefficient (Wildman–Crippen LogP) is 2.52. The monoisotopic (exact) mass is 306 g/mol. The van der Waals surface area contributed by atoms with Gasteiger partial charge in [-0.15, -0.1) is 0 Å². The molecule has 22 heavy (non-hydrogen) atoms. The number of carbonyl (C=O) groups is 1. The van der Waals surface area contributed by atoms with Gasteiger partial charge in [0.25, 0.3) is 0 Å². The normalized spacial score (nSPS) is 20.8. The Hall–Kier alpha value is -1.40. The predicted molar refractivity (Wildman–Crippen MR) is 84.4 cm³/mol. The van der Waals surface area contributed by atoms with Crippen LogP contribution >= 0.6 is 0 Å². The smallest absolute Gasteiger partial charge is 0.226 e. The summed E-state index contributed by atoms with van der Waals surface area (Å²) in [7, 11) is 0. The molecule has 1 aliphatic carbocycles. The highest BCUT2D eigenvalue weighted by atomic mass is 16.7. The number of hydrogen-bond donors (Lipinski definition) is 1. The highest BCUT2D eigenvalue weighted by Crippen LogP contribution is 2.40. The van der Waals surface area contributed by atoms with Gasteiger partial charge in [-0.05, 0) is 45.4 Å². The molecule has 1 aliphatic heterocycles. The third kappa shape index (κ3) is 3.67. The van der Waals surface area contributed by atoms with Gasteiger partial charge in [-0.1, -0.05) is 0 Å². The highest BCUT2D eigenvalue weighted by molar-refractivity contribution is 5.90. The summed E-state index contributed by atoms with van der Waals surface area (Å²) in [6.07, 6.45) is 7.07. The number of hydrogen-bond acceptors (Lipinski definition) is 4. The molecule has 3 rings (SSSR count). The molecule has 6 nitrogen and oxygen atoms in total. The minimum Gasteiger partial charge on any atom is -0.311 e. The average Bonchev–Trinajstić information content (AvgIpc) is 3.32. The second-order valence-electron chi connectivity index (χ2n) is 6.47. The van der Waals surface area contributed by atoms with Crippen molar-refractivity contribution < 1.29 is 9.63 Å². The van der Waals surface area contributed by atoms with Gasteiger partial charge in [0.15, 0.2) is 0 Å². The van der Waals surface area contributed by atoms with Gasteiger partial charge in [0.05, 0.1) is 18.8 Å². The molecule has 1 atom stereocenters. The van der Waals surface area contributed by atoms with Crippen LogP contribution in [0.15, 0.2) is 6.20 Å². The number of rotatable bonds is 6. The van der Waals surface area contributed by atoms with E-state index in [1.807, 2.05) is 22.9 Å². The van der Waals surface area contributed by atoms with E-state index in [1.165, 1.54) is 12.8 Å². The molecule has 1 N–H and O–H groups in total. The van der Waals surface area contributed by atoms with E-state index in [0.29, 0.717) is 24.9 Å². The Kier molecular flexibility index (Phi) is 4.78. The van der Waals surface area contributed by atoms with Gasteiger partial charge in [0.2, 0.25) is 5.91 Å². The first kappa shape index (κ1) is 15.5. The molecule has 1 aromatic heterocycles. The molecule has 0 aromatic carbocycles. The van der Waals surface area contributed by atoms with Crippen LogP contribution in [0.2, 0.25) is 0 Å². The van der Waals surface area contributed by atoms with E-state index in [9.17, 15) is 4.79 Å². The molecule has 2 fully saturated rings. The van der Waals surface area contributed by atoms with Crippen LogP contribution in [0.3, 0.4) is 0 Å². The summed E-state index contributed by atoms with van der Waals surface area (Å²) in [6, 6.07) is 0.356. The zero-order valence-electron chi connectivity index (χ0n) is 13.5. The Morgan fingerprint density at radius 1 is 1.50 bits per heavy atom. The number of aromatic nitrogens is 2. The van der Waals surface area contributed by atoms with Crippen molar-refractivity contribution in [2.45, 2.75) is 52.0 Å². The Bertz CT molecular complexity index is 518. The fraction of sp³-hybridized carbons (Fsp3) is 0.750. The van der Waals surface area contributed by atoms with Gasteiger partial charge in [-0.3, -0.25) is 9.63 Å². The van der Waals surface area contributed by atoms with Gasteiger partial charge in [-0.2, -0.15) is 10.2 Å². The van der Waals surface area contributed by atoms with Crippen LogP contribution in [-0.2, 0) is 9.63 Å². The molecule has 1 amide bonds. The SMILES string of the molecule is Cc1cnn(C(C)C2CC2)c1NC(=O)CCN1CCCCO1. The van der Waals surface area contributed by atoms with Crippen molar-refractivity contribution in [2.24, 2.45) is 5.92 Å². The number of nitrogens with zero attached hydrogens (tertiary/aromatic N) is 3. The van der Waals surface area contributed by atoms with Gasteiger partial charge in [0, 0.05) is 25.1 Å². The largest absolute Gasteiger partial charge is 0.311 e. The molecule has 1 aromatic rings. The topological polar surface area (TPSA) is 59.4 Å². The maximum Gasteiger partial charge on any atom is 0.226 e. The van der Waals surface area contributed by atoms with Gasteiger partial charge < -0.3 is 5.32 Å². The van der Waals surface area contributed by atoms with Gasteiger partial charge >= 0.3 is 0 Å². The summed E-state index contributed by atoms with van der Waals surface area (Å²) in [5.74, 6) is 1.59. The first-order chi connectivity index (χ1) is 10.6. The van der Waals surface area contributed by atoms with Crippen molar-refractivity contribution in [3.63, 3.8) is 0 Å². The number of nitrogens with one attached hydrogen (secondary N) is 1. The molecule has 122 valence electrons. The third-order valence-electron chi connectivity index (χ3n) is 4.59. The molecule has 1 saturated heterocycles. The van der Waals surface area contributed by atoms with Crippen LogP contribution < -0.4 is 5.32 Å². The lowest BCUT2D eigenvalue weighted by Gasteiger charge is -2.25. The zero-order valence-corrected chi connectivity index (χ0v) is 13.5. The first-order valence-corrected chi connectivity index (χ1v) is 8.37. The Labute approximate surface area is 131 Å². The summed E-state index contributed by atoms with van der Waals surface area (Å²) in [5.41, 5.74) is 1.02. The van der Waals surface area contributed by atoms with Crippen molar-refractivity contribution in [2.75, 3.05) is 25.0 Å². The van der Waals surface area contributed by atoms with Crippen molar-refractivity contribution in [1.29, 1.82) is 0 Å². The summed E-state index contributed by atoms with van der Waals surface area (Å²) in [6.45, 7) is 6.51. The zero-order chi connectivity index (χ0) is 15.5. The van der Waals surface area contributed by atoms with Crippen LogP contribution in [0, 0.1) is 12.8 Å². The van der Waals surface area contributed by atoms with Crippen LogP contribution in [0.1, 0.15) is 50.6 Å². The first-order valence-electron chi connectivity index (χ1n) is 8.37. The van der Waals surface area contributed by atoms with E-state index in [0.717, 1.165) is 37.4 Å². The van der Waals surface area contributed by atoms with Crippen LogP contribution in [0.5, 0.6) is 0 Å². The molecule has 1 unspecified atom stereocenters. The Morgan fingerprint density at radius 2 is 2.32 bits per heavy atom. The van der Waals surface area contributed by atoms with E-state index in [2.05, 4.69) is 17.3 Å². The van der Waals surface area contributed by atoms with Crippen molar-refractivity contribution in [3.05, 3.63) is 11.8 Å². The standard InChI is InChI=1S/C16H26N4O2/c1-12-11-17-20(13(2)14-5-6-14)16(12)18-15(21)7-9-19-8-3-4-10-22-19/h11,13-14H,3-10H2,1-2H3,(H,18,21). The quantitative estimate of drug-likeness (QED) is 0.877. The number of anilines is 1. The van der Waals surface area contributed by atoms with E-state index in [1.54, 1.807) is 0 Å². The lowest BCUT2D eigenvalue weighted by Crippen LogP contribution is -2.33. The molecule has 2 heterocycles. The number of aryl methyl sites for hydroxylation is 1. The Morgan fingerprint density at radius 3 is 3.00 bits per heavy atom. The van der Waals surface area contributed by atoms with E-state index >= 15 is 0 Å². The number of hydroxylamine groups is 2. The highest BCUT2D eigenvalue weighted by Gasteiger charge is 2.31. The van der Waals surface area contributed by atoms with Crippen molar-refractivity contribution >= 4 is 11.7 Å². The number of carbonyl (C=O) groups excluding carboxylic acids is 1. The number of amides is 1. The maximum atomic E-state index is 12.2. The summed E-state index contributed by atoms with van der Waals surface area (Å²) in [5, 5.41) is 9.39. The van der Waals surface area contributed by atoms with Gasteiger partial charge in [0.1, 0.15) is 5.82 Å². The van der Waals surface area contributed by atoms with Crippen molar-refractivity contribution in [3.8, 4) is 0 Å². The molecule has 6 heteroatoms. The second kappa shape index (κ2) is 6.79. The third-order valence-corrected chi connectivity index (χ3v) is 4.59. The average molecular weight is 306 g/mol. The molecule has 0 spiro atoms.